The summed E-state index contributed by atoms with van der Waals surface area (Å²) in [6.07, 6.45) is 0. The molecule has 10 heavy (non-hydrogen) atoms. The van der Waals surface area contributed by atoms with E-state index >= 15 is 0 Å². The van der Waals surface area contributed by atoms with Crippen LogP contribution in [-0.2, 0) is 11.9 Å². The van der Waals surface area contributed by atoms with Crippen molar-refractivity contribution in [2.45, 2.75) is 0 Å². The molecule has 0 bridgehead atoms. The van der Waals surface area contributed by atoms with Gasteiger partial charge in [0.05, 0.1) is 4.47 Å². The van der Waals surface area contributed by atoms with Crippen molar-refractivity contribution in [1.29, 1.82) is 0 Å². The lowest BCUT2D eigenvalue weighted by molar-refractivity contribution is 0.579. The van der Waals surface area contributed by atoms with Crippen LogP contribution in [0.3, 0.4) is 0 Å². The zero-order valence-electron chi connectivity index (χ0n) is 4.95. The van der Waals surface area contributed by atoms with Crippen molar-refractivity contribution in [3.63, 3.8) is 0 Å². The molecule has 0 amide bonds. The van der Waals surface area contributed by atoms with Gasteiger partial charge in [0.25, 0.3) is 0 Å². The van der Waals surface area contributed by atoms with Crippen molar-refractivity contribution in [3.8, 4) is 5.75 Å². The molecule has 54 valence electrons. The lowest BCUT2D eigenvalue weighted by Gasteiger charge is -1.97. The molecule has 1 rings (SSSR count). The maximum Gasteiger partial charge on any atom is 0.193 e. The molecule has 1 aromatic rings. The number of hydrogen-bond acceptors (Lipinski definition) is 2. The highest BCUT2D eigenvalue weighted by atomic mass is 79.9. The molecule has 0 atom stereocenters. The van der Waals surface area contributed by atoms with E-state index in [1.807, 2.05) is 18.2 Å². The molecule has 4 heteroatoms. The third kappa shape index (κ3) is 1.82. The van der Waals surface area contributed by atoms with E-state index in [1.54, 1.807) is 6.07 Å². The van der Waals surface area contributed by atoms with Gasteiger partial charge in [-0.25, -0.2) is 4.21 Å². The Morgan fingerprint density at radius 1 is 1.40 bits per heavy atom. The molecule has 0 aliphatic rings. The van der Waals surface area contributed by atoms with Crippen molar-refractivity contribution in [2.24, 2.45) is 0 Å². The maximum atomic E-state index is 9.98. The first-order valence-electron chi connectivity index (χ1n) is 2.59. The Hall–Kier alpha value is -0.350. The summed E-state index contributed by atoms with van der Waals surface area (Å²) < 4.78 is 15.5. The van der Waals surface area contributed by atoms with E-state index in [9.17, 15) is 4.21 Å². The summed E-state index contributed by atoms with van der Waals surface area (Å²) in [5.41, 5.74) is 0. The van der Waals surface area contributed by atoms with E-state index in [0.29, 0.717) is 5.75 Å². The van der Waals surface area contributed by atoms with Gasteiger partial charge in [0.2, 0.25) is 0 Å². The van der Waals surface area contributed by atoms with Crippen molar-refractivity contribution in [3.05, 3.63) is 28.7 Å². The molecule has 0 aromatic heterocycles. The van der Waals surface area contributed by atoms with Crippen LogP contribution in [0.1, 0.15) is 0 Å². The smallest absolute Gasteiger partial charge is 0.193 e. The van der Waals surface area contributed by atoms with Gasteiger partial charge in [-0.3, -0.25) is 0 Å². The van der Waals surface area contributed by atoms with E-state index in [-0.39, 0.29) is 11.9 Å². The molecular weight excluding hydrogens is 216 g/mol. The number of benzene rings is 1. The molecule has 2 nitrogen and oxygen atoms in total. The highest BCUT2D eigenvalue weighted by Gasteiger charge is 1.95. The van der Waals surface area contributed by atoms with Crippen LogP contribution in [0.4, 0.5) is 0 Å². The van der Waals surface area contributed by atoms with E-state index in [2.05, 4.69) is 15.9 Å². The highest BCUT2D eigenvalue weighted by molar-refractivity contribution is 9.10. The normalized spacial score (nSPS) is 9.30. The fourth-order valence-electron chi connectivity index (χ4n) is 0.559. The molecular formula is C6H5BrO2S. The van der Waals surface area contributed by atoms with Crippen LogP contribution >= 0.6 is 15.9 Å². The summed E-state index contributed by atoms with van der Waals surface area (Å²) in [4.78, 5) is 0. The predicted octanol–water partition coefficient (Wildman–Crippen LogP) is 1.69. The summed E-state index contributed by atoms with van der Waals surface area (Å²) in [6.45, 7) is 0. The molecule has 0 radical (unpaired) electrons. The monoisotopic (exact) mass is 220 g/mol. The second-order valence-corrected chi connectivity index (χ2v) is 2.78. The topological polar surface area (TPSA) is 26.3 Å². The fraction of sp³-hybridized carbons (Fsp3) is 0. The summed E-state index contributed by atoms with van der Waals surface area (Å²) >= 11 is 2.90. The molecule has 0 heterocycles. The summed E-state index contributed by atoms with van der Waals surface area (Å²) in [7, 11) is 0. The molecule has 0 spiro atoms. The maximum absolute atomic E-state index is 9.98. The van der Waals surface area contributed by atoms with Gasteiger partial charge < -0.3 is 4.18 Å². The first-order valence-corrected chi connectivity index (χ1v) is 4.11. The molecule has 0 aliphatic carbocycles. The van der Waals surface area contributed by atoms with Gasteiger partial charge in [-0.05, 0) is 28.1 Å². The molecule has 0 unspecified atom stereocenters. The Labute approximate surface area is 71.0 Å². The molecule has 0 N–H and O–H groups in total. The van der Waals surface area contributed by atoms with Gasteiger partial charge in [-0.1, -0.05) is 12.1 Å². The summed E-state index contributed by atoms with van der Waals surface area (Å²) in [5, 5.41) is 0. The summed E-state index contributed by atoms with van der Waals surface area (Å²) in [6, 6.07) is 7.22. The second-order valence-electron chi connectivity index (χ2n) is 1.60. The van der Waals surface area contributed by atoms with E-state index in [1.165, 1.54) is 0 Å². The number of halogens is 1. The van der Waals surface area contributed by atoms with Gasteiger partial charge in [0.1, 0.15) is 0 Å². The molecule has 1 aromatic carbocycles. The van der Waals surface area contributed by atoms with Crippen molar-refractivity contribution < 1.29 is 8.39 Å². The number of thiol groups is 1. The highest BCUT2D eigenvalue weighted by Crippen LogP contribution is 2.23. The van der Waals surface area contributed by atoms with Crippen LogP contribution in [0, 0.1) is 0 Å². The van der Waals surface area contributed by atoms with Crippen LogP contribution < -0.4 is 4.18 Å². The van der Waals surface area contributed by atoms with Crippen molar-refractivity contribution >= 4 is 27.9 Å². The molecule has 0 fully saturated rings. The van der Waals surface area contributed by atoms with E-state index < -0.39 is 0 Å². The number of rotatable bonds is 2. The first-order chi connectivity index (χ1) is 4.84. The van der Waals surface area contributed by atoms with E-state index in [0.717, 1.165) is 4.47 Å². The Kier molecular flexibility index (Phi) is 2.89. The predicted molar refractivity (Wildman–Crippen MR) is 44.3 cm³/mol. The lowest BCUT2D eigenvalue weighted by Crippen LogP contribution is -1.83. The minimum absolute atomic E-state index is 0.330. The molecule has 0 saturated carbocycles. The summed E-state index contributed by atoms with van der Waals surface area (Å²) in [5.74, 6) is 0.583. The average molecular weight is 221 g/mol. The Bertz CT molecular complexity index is 239. The quantitative estimate of drug-likeness (QED) is 0.769. The fourth-order valence-corrected chi connectivity index (χ4v) is 1.29. The third-order valence-corrected chi connectivity index (χ3v) is 1.90. The van der Waals surface area contributed by atoms with Gasteiger partial charge >= 0.3 is 0 Å². The van der Waals surface area contributed by atoms with Crippen molar-refractivity contribution in [1.82, 2.24) is 0 Å². The van der Waals surface area contributed by atoms with Crippen LogP contribution in [0.25, 0.3) is 0 Å². The Balaban J connectivity index is 2.91. The SMILES string of the molecule is O=[SH]Oc1ccccc1Br. The van der Waals surface area contributed by atoms with Crippen molar-refractivity contribution in [2.75, 3.05) is 0 Å². The minimum atomic E-state index is -0.330. The van der Waals surface area contributed by atoms with Gasteiger partial charge in [-0.15, -0.1) is 0 Å². The standard InChI is InChI=1S/C6H5BrO2S/c7-5-3-1-2-4-6(5)9-10-8/h1-4,10H. The average Bonchev–Trinajstić information content (AvgIpc) is 1.94. The Morgan fingerprint density at radius 2 is 2.10 bits per heavy atom. The van der Waals surface area contributed by atoms with Gasteiger partial charge in [0, 0.05) is 0 Å². The number of hydrogen-bond donors (Lipinski definition) is 1. The van der Waals surface area contributed by atoms with Crippen LogP contribution in [0.2, 0.25) is 0 Å². The number of para-hydroxylation sites is 1. The Morgan fingerprint density at radius 3 is 2.70 bits per heavy atom. The molecule has 0 saturated heterocycles. The van der Waals surface area contributed by atoms with Gasteiger partial charge in [-0.2, -0.15) is 0 Å². The van der Waals surface area contributed by atoms with Gasteiger partial charge in [0.15, 0.2) is 17.7 Å². The lowest BCUT2D eigenvalue weighted by atomic mass is 10.3. The first kappa shape index (κ1) is 7.75. The zero-order valence-corrected chi connectivity index (χ0v) is 7.43. The molecule has 0 aliphatic heterocycles. The largest absolute Gasteiger partial charge is 0.401 e. The third-order valence-electron chi connectivity index (χ3n) is 0.972. The van der Waals surface area contributed by atoms with Crippen LogP contribution in [0.15, 0.2) is 28.7 Å². The van der Waals surface area contributed by atoms with E-state index in [4.69, 9.17) is 4.18 Å². The zero-order chi connectivity index (χ0) is 7.40. The second kappa shape index (κ2) is 3.73. The van der Waals surface area contributed by atoms with Crippen LogP contribution in [-0.4, -0.2) is 4.21 Å². The minimum Gasteiger partial charge on any atom is -0.401 e. The van der Waals surface area contributed by atoms with Crippen LogP contribution in [0.5, 0.6) is 5.75 Å².